The van der Waals surface area contributed by atoms with Crippen LogP contribution in [0.2, 0.25) is 0 Å². The molecule has 1 aromatic heterocycles. The van der Waals surface area contributed by atoms with E-state index in [0.29, 0.717) is 0 Å². The number of rotatable bonds is 4. The van der Waals surface area contributed by atoms with Crippen molar-refractivity contribution < 1.29 is 9.90 Å². The molecule has 98 valence electrons. The Labute approximate surface area is 111 Å². The number of nitrogens with zero attached hydrogens (tertiary/aromatic N) is 1. The number of hydrogen-bond acceptors (Lipinski definition) is 3. The van der Waals surface area contributed by atoms with Crippen molar-refractivity contribution in [2.24, 2.45) is 0 Å². The molecular weight excluding hydrogens is 240 g/mol. The number of aliphatic hydroxyl groups excluding tert-OH is 1. The molecular formula is C15H16N2O2. The number of fused-ring (bicyclic) bond motifs is 1. The van der Waals surface area contributed by atoms with E-state index < -0.39 is 6.10 Å². The molecule has 0 aliphatic carbocycles. The summed E-state index contributed by atoms with van der Waals surface area (Å²) in [6.07, 6.45) is 2.53. The molecule has 1 heterocycles. The maximum atomic E-state index is 11.4. The third-order valence-corrected chi connectivity index (χ3v) is 2.60. The lowest BCUT2D eigenvalue weighted by Crippen LogP contribution is -2.28. The lowest BCUT2D eigenvalue weighted by Gasteiger charge is -2.03. The second kappa shape index (κ2) is 6.11. The first kappa shape index (κ1) is 13.2. The number of pyridine rings is 1. The molecule has 2 rings (SSSR count). The summed E-state index contributed by atoms with van der Waals surface area (Å²) in [4.78, 5) is 15.9. The first-order valence-electron chi connectivity index (χ1n) is 6.15. The summed E-state index contributed by atoms with van der Waals surface area (Å²) >= 11 is 0. The predicted octanol–water partition coefficient (Wildman–Crippen LogP) is 1.75. The minimum atomic E-state index is -0.545. The summed E-state index contributed by atoms with van der Waals surface area (Å²) in [6.45, 7) is 1.86. The van der Waals surface area contributed by atoms with Crippen molar-refractivity contribution in [3.05, 3.63) is 48.2 Å². The zero-order chi connectivity index (χ0) is 13.7. The molecule has 19 heavy (non-hydrogen) atoms. The zero-order valence-corrected chi connectivity index (χ0v) is 10.7. The lowest BCUT2D eigenvalue weighted by molar-refractivity contribution is -0.116. The number of aliphatic hydroxyl groups is 1. The van der Waals surface area contributed by atoms with Crippen LogP contribution in [0.25, 0.3) is 17.0 Å². The van der Waals surface area contributed by atoms with Crippen LogP contribution in [0.1, 0.15) is 12.6 Å². The zero-order valence-electron chi connectivity index (χ0n) is 10.7. The molecule has 4 heteroatoms. The molecule has 0 spiro atoms. The first-order chi connectivity index (χ1) is 9.15. The van der Waals surface area contributed by atoms with Gasteiger partial charge in [-0.15, -0.1) is 0 Å². The Morgan fingerprint density at radius 2 is 2.16 bits per heavy atom. The summed E-state index contributed by atoms with van der Waals surface area (Å²) < 4.78 is 0. The summed E-state index contributed by atoms with van der Waals surface area (Å²) in [5, 5.41) is 12.7. The van der Waals surface area contributed by atoms with Crippen LogP contribution in [0.15, 0.2) is 42.5 Å². The highest BCUT2D eigenvalue weighted by atomic mass is 16.3. The largest absolute Gasteiger partial charge is 0.392 e. The maximum Gasteiger partial charge on any atom is 0.244 e. The number of hydrogen-bond donors (Lipinski definition) is 2. The fourth-order valence-electron chi connectivity index (χ4n) is 1.64. The summed E-state index contributed by atoms with van der Waals surface area (Å²) in [7, 11) is 0. The lowest BCUT2D eigenvalue weighted by atomic mass is 10.2. The van der Waals surface area contributed by atoms with Crippen molar-refractivity contribution in [1.82, 2.24) is 10.3 Å². The standard InChI is InChI=1S/C15H16N2O2/c1-11(18)10-16-15(19)9-8-13-7-6-12-4-2-3-5-14(12)17-13/h2-9,11,18H,10H2,1H3,(H,16,19)/b9-8+. The second-order valence-corrected chi connectivity index (χ2v) is 4.36. The number of carbonyl (C=O) groups is 1. The van der Waals surface area contributed by atoms with Gasteiger partial charge in [0.15, 0.2) is 0 Å². The number of benzene rings is 1. The van der Waals surface area contributed by atoms with Gasteiger partial charge in [0.25, 0.3) is 0 Å². The average Bonchev–Trinajstić information content (AvgIpc) is 2.42. The Morgan fingerprint density at radius 3 is 2.95 bits per heavy atom. The van der Waals surface area contributed by atoms with Gasteiger partial charge >= 0.3 is 0 Å². The molecule has 0 aliphatic rings. The predicted molar refractivity (Wildman–Crippen MR) is 75.5 cm³/mol. The SMILES string of the molecule is CC(O)CNC(=O)/C=C/c1ccc2ccccc2n1. The van der Waals surface area contributed by atoms with Crippen LogP contribution in [-0.4, -0.2) is 28.6 Å². The highest BCUT2D eigenvalue weighted by Crippen LogP contribution is 2.12. The van der Waals surface area contributed by atoms with E-state index in [9.17, 15) is 4.79 Å². The van der Waals surface area contributed by atoms with Crippen LogP contribution in [0.4, 0.5) is 0 Å². The van der Waals surface area contributed by atoms with Gasteiger partial charge in [-0.05, 0) is 25.1 Å². The van der Waals surface area contributed by atoms with E-state index >= 15 is 0 Å². The molecule has 0 radical (unpaired) electrons. The van der Waals surface area contributed by atoms with Crippen molar-refractivity contribution in [2.75, 3.05) is 6.54 Å². The van der Waals surface area contributed by atoms with E-state index in [1.54, 1.807) is 13.0 Å². The number of aromatic nitrogens is 1. The van der Waals surface area contributed by atoms with Crippen molar-refractivity contribution in [2.45, 2.75) is 13.0 Å². The van der Waals surface area contributed by atoms with Gasteiger partial charge in [-0.2, -0.15) is 0 Å². The molecule has 1 unspecified atom stereocenters. The van der Waals surface area contributed by atoms with E-state index in [-0.39, 0.29) is 12.5 Å². The van der Waals surface area contributed by atoms with Gasteiger partial charge < -0.3 is 10.4 Å². The van der Waals surface area contributed by atoms with Gasteiger partial charge in [-0.1, -0.05) is 24.3 Å². The van der Waals surface area contributed by atoms with Crippen LogP contribution in [0.3, 0.4) is 0 Å². The number of nitrogens with one attached hydrogen (secondary N) is 1. The normalized spacial score (nSPS) is 12.7. The smallest absolute Gasteiger partial charge is 0.244 e. The van der Waals surface area contributed by atoms with Crippen molar-refractivity contribution in [1.29, 1.82) is 0 Å². The van der Waals surface area contributed by atoms with Gasteiger partial charge in [0.2, 0.25) is 5.91 Å². The van der Waals surface area contributed by atoms with Crippen LogP contribution in [-0.2, 0) is 4.79 Å². The van der Waals surface area contributed by atoms with E-state index in [1.165, 1.54) is 6.08 Å². The molecule has 2 N–H and O–H groups in total. The first-order valence-corrected chi connectivity index (χ1v) is 6.15. The topological polar surface area (TPSA) is 62.2 Å². The highest BCUT2D eigenvalue weighted by molar-refractivity contribution is 5.91. The molecule has 1 amide bonds. The van der Waals surface area contributed by atoms with Gasteiger partial charge in [0.05, 0.1) is 17.3 Å². The molecule has 0 saturated carbocycles. The van der Waals surface area contributed by atoms with Crippen molar-refractivity contribution >= 4 is 22.9 Å². The highest BCUT2D eigenvalue weighted by Gasteiger charge is 1.99. The molecule has 0 aliphatic heterocycles. The maximum absolute atomic E-state index is 11.4. The van der Waals surface area contributed by atoms with E-state index in [0.717, 1.165) is 16.6 Å². The van der Waals surface area contributed by atoms with Gasteiger partial charge in [0.1, 0.15) is 0 Å². The van der Waals surface area contributed by atoms with Gasteiger partial charge in [-0.3, -0.25) is 4.79 Å². The Bertz CT molecular complexity index is 606. The third kappa shape index (κ3) is 3.89. The molecule has 1 atom stereocenters. The van der Waals surface area contributed by atoms with E-state index in [1.807, 2.05) is 36.4 Å². The monoisotopic (exact) mass is 256 g/mol. The summed E-state index contributed by atoms with van der Waals surface area (Å²) in [5.41, 5.74) is 1.62. The Morgan fingerprint density at radius 1 is 1.37 bits per heavy atom. The quantitative estimate of drug-likeness (QED) is 0.819. The molecule has 0 fully saturated rings. The third-order valence-electron chi connectivity index (χ3n) is 2.60. The Hall–Kier alpha value is -2.20. The molecule has 2 aromatic rings. The number of amides is 1. The minimum absolute atomic E-state index is 0.240. The molecule has 4 nitrogen and oxygen atoms in total. The van der Waals surface area contributed by atoms with E-state index in [2.05, 4.69) is 10.3 Å². The Kier molecular flexibility index (Phi) is 4.26. The van der Waals surface area contributed by atoms with E-state index in [4.69, 9.17) is 5.11 Å². The van der Waals surface area contributed by atoms with Crippen LogP contribution >= 0.6 is 0 Å². The van der Waals surface area contributed by atoms with Crippen LogP contribution < -0.4 is 5.32 Å². The molecule has 0 saturated heterocycles. The van der Waals surface area contributed by atoms with Gasteiger partial charge in [-0.25, -0.2) is 4.98 Å². The minimum Gasteiger partial charge on any atom is -0.392 e. The van der Waals surface area contributed by atoms with Crippen molar-refractivity contribution in [3.63, 3.8) is 0 Å². The summed E-state index contributed by atoms with van der Waals surface area (Å²) in [6, 6.07) is 11.6. The average molecular weight is 256 g/mol. The second-order valence-electron chi connectivity index (χ2n) is 4.36. The number of carbonyl (C=O) groups excluding carboxylic acids is 1. The number of para-hydroxylation sites is 1. The molecule has 1 aromatic carbocycles. The fraction of sp³-hybridized carbons (Fsp3) is 0.200. The van der Waals surface area contributed by atoms with Crippen LogP contribution in [0, 0.1) is 0 Å². The fourth-order valence-corrected chi connectivity index (χ4v) is 1.64. The van der Waals surface area contributed by atoms with Gasteiger partial charge in [0, 0.05) is 18.0 Å². The Balaban J connectivity index is 2.06. The van der Waals surface area contributed by atoms with Crippen LogP contribution in [0.5, 0.6) is 0 Å². The van der Waals surface area contributed by atoms with Crippen molar-refractivity contribution in [3.8, 4) is 0 Å². The molecule has 0 bridgehead atoms. The summed E-state index contributed by atoms with van der Waals surface area (Å²) in [5.74, 6) is -0.240.